The topological polar surface area (TPSA) is 34.2 Å². The molecule has 1 N–H and O–H groups in total. The van der Waals surface area contributed by atoms with Crippen LogP contribution >= 0.6 is 0 Å². The fourth-order valence-electron chi connectivity index (χ4n) is 0.986. The molecule has 2 aromatic rings. The zero-order chi connectivity index (χ0) is 9.64. The van der Waals surface area contributed by atoms with Crippen molar-refractivity contribution in [2.45, 2.75) is 0 Å². The molecule has 69 valence electrons. The number of hydrogen-bond donors (Lipinski definition) is 1. The number of nitrogens with one attached hydrogen (secondary N) is 1. The normalized spacial score (nSPS) is 9.43. The minimum atomic E-state index is 0.705. The van der Waals surface area contributed by atoms with Gasteiger partial charge in [0.25, 0.3) is 0 Å². The number of pyridine rings is 1. The maximum Gasteiger partial charge on any atom is 0.155 e. The minimum Gasteiger partial charge on any atom is -0.382 e. The Bertz CT molecular complexity index is 336. The molecule has 0 spiro atoms. The molecule has 0 fully saturated rings. The molecule has 14 heavy (non-hydrogen) atoms. The lowest BCUT2D eigenvalue weighted by Crippen LogP contribution is -2.04. The van der Waals surface area contributed by atoms with Crippen molar-refractivity contribution in [3.8, 4) is 5.75 Å². The monoisotopic (exact) mass is 185 g/mol. The summed E-state index contributed by atoms with van der Waals surface area (Å²) in [7, 11) is 0. The highest BCUT2D eigenvalue weighted by atomic mass is 16.6. The van der Waals surface area contributed by atoms with Crippen molar-refractivity contribution in [3.05, 3.63) is 54.9 Å². The lowest BCUT2D eigenvalue weighted by atomic mass is 10.3. The van der Waals surface area contributed by atoms with Crippen molar-refractivity contribution in [1.82, 2.24) is 4.98 Å². The molecule has 0 saturated carbocycles. The van der Waals surface area contributed by atoms with Gasteiger partial charge in [0, 0.05) is 6.20 Å². The number of anilines is 1. The van der Waals surface area contributed by atoms with Gasteiger partial charge in [0.05, 0.1) is 5.69 Å². The van der Waals surface area contributed by atoms with E-state index in [9.17, 15) is 0 Å². The van der Waals surface area contributed by atoms with Crippen molar-refractivity contribution in [3.63, 3.8) is 0 Å². The fraction of sp³-hybridized carbons (Fsp3) is 0. The van der Waals surface area contributed by atoms with Gasteiger partial charge in [0.2, 0.25) is 0 Å². The average Bonchev–Trinajstić information content (AvgIpc) is 2.29. The number of para-hydroxylation sites is 1. The van der Waals surface area contributed by atoms with Crippen molar-refractivity contribution >= 4 is 5.69 Å². The molecule has 0 aliphatic heterocycles. The second-order valence-corrected chi connectivity index (χ2v) is 2.68. The van der Waals surface area contributed by atoms with Crippen LogP contribution in [0.4, 0.5) is 5.69 Å². The van der Waals surface area contributed by atoms with Gasteiger partial charge in [-0.05, 0) is 24.3 Å². The largest absolute Gasteiger partial charge is 0.382 e. The van der Waals surface area contributed by atoms with Crippen molar-refractivity contribution in [1.29, 1.82) is 0 Å². The van der Waals surface area contributed by atoms with E-state index in [1.165, 1.54) is 0 Å². The second-order valence-electron chi connectivity index (χ2n) is 2.68. The Hall–Kier alpha value is -2.03. The molecular weight excluding hydrogens is 176 g/mol. The number of benzene rings is 1. The Kier molecular flexibility index (Phi) is 2.62. The van der Waals surface area contributed by atoms with E-state index in [1.807, 2.05) is 42.5 Å². The molecule has 3 nitrogen and oxygen atoms in total. The van der Waals surface area contributed by atoms with Crippen LogP contribution in [0.1, 0.15) is 0 Å². The van der Waals surface area contributed by atoms with E-state index in [1.54, 1.807) is 6.20 Å². The molecule has 0 unspecified atom stereocenters. The van der Waals surface area contributed by atoms with E-state index in [4.69, 9.17) is 4.84 Å². The molecular formula is C11H9N2O. The van der Waals surface area contributed by atoms with Crippen LogP contribution in [-0.4, -0.2) is 4.98 Å². The predicted octanol–water partition coefficient (Wildman–Crippen LogP) is 2.29. The van der Waals surface area contributed by atoms with Crippen molar-refractivity contribution in [2.75, 3.05) is 5.48 Å². The molecule has 0 atom stereocenters. The third kappa shape index (κ3) is 2.23. The SMILES string of the molecule is [c]1ncccc1NOc1ccccc1. The number of hydrogen-bond acceptors (Lipinski definition) is 3. The van der Waals surface area contributed by atoms with Crippen LogP contribution in [0.2, 0.25) is 0 Å². The van der Waals surface area contributed by atoms with Gasteiger partial charge in [0.15, 0.2) is 5.75 Å². The van der Waals surface area contributed by atoms with E-state index in [-0.39, 0.29) is 0 Å². The van der Waals surface area contributed by atoms with Crippen LogP contribution in [0.5, 0.6) is 5.75 Å². The van der Waals surface area contributed by atoms with Gasteiger partial charge in [-0.2, -0.15) is 0 Å². The number of rotatable bonds is 3. The summed E-state index contributed by atoms with van der Waals surface area (Å²) >= 11 is 0. The molecule has 3 heteroatoms. The number of nitrogens with zero attached hydrogens (tertiary/aromatic N) is 1. The third-order valence-electron chi connectivity index (χ3n) is 1.63. The molecule has 0 amide bonds. The first-order valence-corrected chi connectivity index (χ1v) is 4.26. The Balaban J connectivity index is 1.96. The standard InChI is InChI=1S/C11H9N2O/c1-2-6-11(7-3-1)14-13-10-5-4-8-12-9-10/h1-8,13H. The van der Waals surface area contributed by atoms with E-state index in [2.05, 4.69) is 16.7 Å². The molecule has 1 radical (unpaired) electrons. The van der Waals surface area contributed by atoms with E-state index >= 15 is 0 Å². The number of aromatic nitrogens is 1. The molecule has 1 aromatic carbocycles. The van der Waals surface area contributed by atoms with E-state index in [0.717, 1.165) is 5.75 Å². The summed E-state index contributed by atoms with van der Waals surface area (Å²) in [6, 6.07) is 13.1. The highest BCUT2D eigenvalue weighted by Gasteiger charge is 1.92. The zero-order valence-corrected chi connectivity index (χ0v) is 7.47. The van der Waals surface area contributed by atoms with Gasteiger partial charge in [0.1, 0.15) is 6.20 Å². The molecule has 1 heterocycles. The summed E-state index contributed by atoms with van der Waals surface area (Å²) in [4.78, 5) is 9.10. The smallest absolute Gasteiger partial charge is 0.155 e. The highest BCUT2D eigenvalue weighted by molar-refractivity contribution is 5.37. The van der Waals surface area contributed by atoms with Crippen LogP contribution in [0.15, 0.2) is 48.7 Å². The second kappa shape index (κ2) is 4.28. The van der Waals surface area contributed by atoms with Gasteiger partial charge >= 0.3 is 0 Å². The Labute approximate surface area is 82.3 Å². The lowest BCUT2D eigenvalue weighted by Gasteiger charge is -2.06. The van der Waals surface area contributed by atoms with Crippen LogP contribution in [-0.2, 0) is 0 Å². The summed E-state index contributed by atoms with van der Waals surface area (Å²) < 4.78 is 0. The molecule has 0 saturated heterocycles. The van der Waals surface area contributed by atoms with Crippen molar-refractivity contribution in [2.24, 2.45) is 0 Å². The summed E-state index contributed by atoms with van der Waals surface area (Å²) in [5, 5.41) is 0. The Morgan fingerprint density at radius 1 is 1.07 bits per heavy atom. The molecule has 0 aliphatic carbocycles. The Morgan fingerprint density at radius 2 is 1.93 bits per heavy atom. The van der Waals surface area contributed by atoms with Crippen LogP contribution in [0.25, 0.3) is 0 Å². The Morgan fingerprint density at radius 3 is 2.64 bits per heavy atom. The van der Waals surface area contributed by atoms with Gasteiger partial charge < -0.3 is 4.84 Å². The van der Waals surface area contributed by atoms with Crippen LogP contribution in [0.3, 0.4) is 0 Å². The molecule has 0 bridgehead atoms. The summed E-state index contributed by atoms with van der Waals surface area (Å²) in [6.07, 6.45) is 4.41. The lowest BCUT2D eigenvalue weighted by molar-refractivity contribution is 0.404. The average molecular weight is 185 g/mol. The van der Waals surface area contributed by atoms with Crippen LogP contribution in [0, 0.1) is 6.20 Å². The van der Waals surface area contributed by atoms with Crippen LogP contribution < -0.4 is 10.3 Å². The first kappa shape index (κ1) is 8.56. The van der Waals surface area contributed by atoms with Gasteiger partial charge in [-0.15, -0.1) is 0 Å². The van der Waals surface area contributed by atoms with E-state index in [0.29, 0.717) is 5.69 Å². The maximum absolute atomic E-state index is 5.27. The predicted molar refractivity (Wildman–Crippen MR) is 53.8 cm³/mol. The quantitative estimate of drug-likeness (QED) is 0.745. The third-order valence-corrected chi connectivity index (χ3v) is 1.63. The minimum absolute atomic E-state index is 0.705. The first-order chi connectivity index (χ1) is 6.95. The molecule has 2 rings (SSSR count). The summed E-state index contributed by atoms with van der Waals surface area (Å²) in [6.45, 7) is 0. The molecule has 1 aromatic heterocycles. The highest BCUT2D eigenvalue weighted by Crippen LogP contribution is 2.10. The van der Waals surface area contributed by atoms with Crippen molar-refractivity contribution < 1.29 is 4.84 Å². The summed E-state index contributed by atoms with van der Waals surface area (Å²) in [5.41, 5.74) is 3.45. The van der Waals surface area contributed by atoms with Gasteiger partial charge in [-0.25, -0.2) is 5.48 Å². The molecule has 0 aliphatic rings. The first-order valence-electron chi connectivity index (χ1n) is 4.26. The fourth-order valence-corrected chi connectivity index (χ4v) is 0.986. The zero-order valence-electron chi connectivity index (χ0n) is 7.47. The van der Waals surface area contributed by atoms with Gasteiger partial charge in [-0.1, -0.05) is 18.2 Å². The van der Waals surface area contributed by atoms with E-state index < -0.39 is 0 Å². The van der Waals surface area contributed by atoms with Gasteiger partial charge in [-0.3, -0.25) is 4.98 Å². The summed E-state index contributed by atoms with van der Waals surface area (Å²) in [5.74, 6) is 0.754. The maximum atomic E-state index is 5.27.